The summed E-state index contributed by atoms with van der Waals surface area (Å²) in [5.41, 5.74) is 3.48. The van der Waals surface area contributed by atoms with Crippen LogP contribution in [0.2, 0.25) is 0 Å². The molecule has 0 saturated carbocycles. The number of nitrogens with zero attached hydrogens (tertiary/aromatic N) is 3. The fourth-order valence-electron chi connectivity index (χ4n) is 13.0. The summed E-state index contributed by atoms with van der Waals surface area (Å²) in [4.78, 5) is 52.2. The van der Waals surface area contributed by atoms with Gasteiger partial charge in [0, 0.05) is 90.2 Å². The molecule has 0 aromatic carbocycles. The Bertz CT molecular complexity index is 3930. The topological polar surface area (TPSA) is 428 Å². The molecule has 9 aliphatic rings. The van der Waals surface area contributed by atoms with Crippen molar-refractivity contribution in [1.82, 2.24) is 56.6 Å². The average molecular weight is 1700 g/mol. The zero-order chi connectivity index (χ0) is 84.4. The summed E-state index contributed by atoms with van der Waals surface area (Å²) in [5.74, 6) is 0. The van der Waals surface area contributed by atoms with E-state index in [1.807, 2.05) is 14.0 Å². The second kappa shape index (κ2) is 40.7. The highest BCUT2D eigenvalue weighted by molar-refractivity contribution is 7.80. The Balaban J connectivity index is 0.000000219. The van der Waals surface area contributed by atoms with Crippen LogP contribution in [-0.2, 0) is 30.4 Å². The monoisotopic (exact) mass is 1700 g/mol. The molecule has 5 fully saturated rings. The number of aliphatic hydroxyl groups excluding tert-OH is 10. The van der Waals surface area contributed by atoms with Gasteiger partial charge in [0.05, 0.1) is 42.8 Å². The fraction of sp³-hybridized carbons (Fsp3) is 0.613. The molecule has 30 nitrogen and oxygen atoms in total. The molecule has 0 spiro atoms. The van der Waals surface area contributed by atoms with E-state index >= 15 is 0 Å². The molecule has 112 heavy (non-hydrogen) atoms. The normalized spacial score (nSPS) is 31.6. The summed E-state index contributed by atoms with van der Waals surface area (Å²) < 4.78 is 30.6. The smallest absolute Gasteiger partial charge is 0.329 e. The van der Waals surface area contributed by atoms with Gasteiger partial charge in [0.2, 0.25) is 0 Å². The Labute approximate surface area is 670 Å². The molecule has 632 valence electrons. The summed E-state index contributed by atoms with van der Waals surface area (Å²) in [5, 5.41) is 123. The standard InChI is InChI=1S/C17H30N3O5P.C15H25N2O4P.C15H25N2O3PS.C14H23N2O4P.C14H23N2O3PS/c1-5-7-18-10-20-9-11(16(23)19-17(20)24)15-14(22)13(21)12(25-15)6-8-26(2,3)4;1-9-10(8-17(2)15(20)16-9)14-13(19)12(18)11(21-14)6-7-22(3,4)5;1-9-10(8-17(2)15(22)16-9)14-13(19)12(18)11(20-14)6-7-21(3,4)5;1-8-9(7-15-14(19)16-8)13-12(18)11(17)10(20-13)5-6-21(2,3)4;1-8-9(7-15-14(21)16-8)13-12(18)11(17)10(19-13)5-6-20(2,3)4/h9,12-15,18,21-22H,2,5-8,10H2,1,3-4H3,(H,19,23,24);8,11-14,18-19H,1,3,6-7H2,2,4-5H3,(H,16,20);8,11-14,18-19H,1,3,6-7H2,2,4-5H3,(H,16,22);7,10-13,17-18H,1-2,5-6H2,3-4H3,(H2,15,16,19);7,10-13,17-18H,1-2,5-6H2,3-4H3,(H2,15,16,21)/t12-,13-,14-,15+;2*11-,12-,13-,14+;2*10-,11-,12-,13+/m11111/s1. The van der Waals surface area contributed by atoms with Crippen LogP contribution in [0.3, 0.4) is 0 Å². The van der Waals surface area contributed by atoms with Crippen LogP contribution in [0.4, 0.5) is 9.59 Å². The Kier molecular flexibility index (Phi) is 35.0. The first-order valence-corrected chi connectivity index (χ1v) is 53.1. The SMILES string of the molecule is C=C1NC(=O)N(C)C=C1[C@@H]1O[C@H](CCP(=C)(C)C)[C@@H](O)[C@H]1O.C=C1NC(=O)NC=C1[C@@H]1O[C@H](CCP(=C)(C)C)[C@@H](O)[C@H]1O.C=C1NC(=S)N(C)C=C1[C@@H]1O[C@H](CCP(=C)(C)C)[C@@H](O)[C@H]1O.C=C1NC(=S)NC=C1[C@@H]1O[C@H](CCP(=C)(C)C)[C@@H](O)[C@H]1O.C=P(C)(C)CC[C@H]1O[C@@H](c2cn(CNCCC)c(=O)[nH]c2=O)[C@H](O)[C@@H]1O. The summed E-state index contributed by atoms with van der Waals surface area (Å²) in [7, 11) is 3.42. The van der Waals surface area contributed by atoms with Crippen molar-refractivity contribution in [2.24, 2.45) is 0 Å². The van der Waals surface area contributed by atoms with Crippen molar-refractivity contribution in [3.8, 4) is 0 Å². The third kappa shape index (κ3) is 27.5. The molecule has 0 unspecified atom stereocenters. The quantitative estimate of drug-likeness (QED) is 0.0399. The van der Waals surface area contributed by atoms with E-state index in [0.29, 0.717) is 87.4 Å². The van der Waals surface area contributed by atoms with E-state index in [1.165, 1.54) is 21.9 Å². The van der Waals surface area contributed by atoms with Gasteiger partial charge in [-0.25, -0.2) is 14.4 Å². The maximum atomic E-state index is 12.2. The summed E-state index contributed by atoms with van der Waals surface area (Å²) in [6, 6.07) is -0.668. The molecule has 0 bridgehead atoms. The van der Waals surface area contributed by atoms with Crippen LogP contribution in [0.15, 0.2) is 112 Å². The highest BCUT2D eigenvalue weighted by atomic mass is 32.1. The van der Waals surface area contributed by atoms with Gasteiger partial charge >= 0.3 is 17.8 Å². The van der Waals surface area contributed by atoms with E-state index < -0.39 is 156 Å². The number of carbonyl (C=O) groups is 2. The molecule has 20 atom stereocenters. The Morgan fingerprint density at radius 3 is 1.12 bits per heavy atom. The number of urea groups is 2. The molecule has 10 rings (SSSR count). The second-order valence-corrected chi connectivity index (χ2v) is 55.5. The number of H-pyrrole nitrogens is 1. The predicted octanol–water partition coefficient (Wildman–Crippen LogP) is 1.91. The summed E-state index contributed by atoms with van der Waals surface area (Å²) >= 11 is 10.1. The van der Waals surface area contributed by atoms with Crippen molar-refractivity contribution in [2.45, 2.75) is 174 Å². The molecule has 5 saturated heterocycles. The summed E-state index contributed by atoms with van der Waals surface area (Å²) in [6.07, 6.45) is 21.4. The third-order valence-electron chi connectivity index (χ3n) is 19.6. The van der Waals surface area contributed by atoms with Gasteiger partial charge in [0.15, 0.2) is 10.2 Å². The van der Waals surface area contributed by atoms with E-state index in [4.69, 9.17) is 48.1 Å². The highest BCUT2D eigenvalue weighted by Gasteiger charge is 2.50. The molecule has 9 aliphatic heterocycles. The molecule has 0 radical (unpaired) electrons. The van der Waals surface area contributed by atoms with Crippen molar-refractivity contribution < 1.29 is 84.3 Å². The first-order chi connectivity index (χ1) is 51.7. The molecule has 10 heterocycles. The minimum atomic E-state index is -1.29. The lowest BCUT2D eigenvalue weighted by Gasteiger charge is -2.30. The number of amides is 4. The van der Waals surface area contributed by atoms with E-state index in [0.717, 1.165) is 43.8 Å². The van der Waals surface area contributed by atoms with Crippen LogP contribution in [0.25, 0.3) is 0 Å². The van der Waals surface area contributed by atoms with Crippen molar-refractivity contribution >= 4 is 113 Å². The molecule has 1 aromatic heterocycles. The molecular weight excluding hydrogens is 1580 g/mol. The van der Waals surface area contributed by atoms with Gasteiger partial charge in [-0.15, -0.1) is 65.9 Å². The third-order valence-corrected chi connectivity index (χ3v) is 27.6. The maximum Gasteiger partial charge on any atom is 0.329 e. The second-order valence-electron chi connectivity index (χ2n) is 33.2. The Morgan fingerprint density at radius 1 is 0.446 bits per heavy atom. The predicted molar refractivity (Wildman–Crippen MR) is 468 cm³/mol. The van der Waals surface area contributed by atoms with Gasteiger partial charge in [-0.1, -0.05) is 33.2 Å². The Hall–Kier alpha value is -4.62. The number of aromatic amines is 1. The number of aromatic nitrogens is 2. The lowest BCUT2D eigenvalue weighted by molar-refractivity contribution is 0.00492. The lowest BCUT2D eigenvalue weighted by Crippen LogP contribution is -2.42. The van der Waals surface area contributed by atoms with Gasteiger partial charge in [0.25, 0.3) is 5.56 Å². The zero-order valence-electron chi connectivity index (χ0n) is 67.0. The van der Waals surface area contributed by atoms with Crippen LogP contribution in [0.5, 0.6) is 0 Å². The molecule has 4 amide bonds. The van der Waals surface area contributed by atoms with E-state index in [-0.39, 0.29) is 36.5 Å². The van der Waals surface area contributed by atoms with Crippen molar-refractivity contribution in [1.29, 1.82) is 0 Å². The van der Waals surface area contributed by atoms with Gasteiger partial charge in [-0.2, -0.15) is 0 Å². The number of hydrogen-bond acceptors (Lipinski definition) is 22. The first kappa shape index (κ1) is 96.2. The van der Waals surface area contributed by atoms with Gasteiger partial charge in [-0.3, -0.25) is 19.7 Å². The van der Waals surface area contributed by atoms with E-state index in [1.54, 1.807) is 30.5 Å². The van der Waals surface area contributed by atoms with E-state index in [2.05, 4.69) is 167 Å². The van der Waals surface area contributed by atoms with E-state index in [9.17, 15) is 70.2 Å². The largest absolute Gasteiger partial charge is 0.388 e. The van der Waals surface area contributed by atoms with Crippen LogP contribution in [0.1, 0.15) is 57.1 Å². The minimum absolute atomic E-state index is 0.139. The molecule has 0 aliphatic carbocycles. The van der Waals surface area contributed by atoms with Gasteiger partial charge in [-0.05, 0) is 167 Å². The number of carbonyl (C=O) groups excluding carboxylic acids is 2. The van der Waals surface area contributed by atoms with Gasteiger partial charge < -0.3 is 116 Å². The number of nitrogens with one attached hydrogen (secondary N) is 8. The van der Waals surface area contributed by atoms with Gasteiger partial charge in [0.1, 0.15) is 91.6 Å². The van der Waals surface area contributed by atoms with Crippen LogP contribution >= 0.6 is 58.9 Å². The number of rotatable bonds is 24. The van der Waals surface area contributed by atoms with Crippen molar-refractivity contribution in [3.63, 3.8) is 0 Å². The van der Waals surface area contributed by atoms with Crippen LogP contribution < -0.4 is 48.5 Å². The zero-order valence-corrected chi connectivity index (χ0v) is 73.1. The lowest BCUT2D eigenvalue weighted by atomic mass is 9.99. The summed E-state index contributed by atoms with van der Waals surface area (Å²) in [6.45, 7) is 33.5. The fourth-order valence-corrected chi connectivity index (χ4v) is 18.2. The Morgan fingerprint density at radius 2 is 0.768 bits per heavy atom. The minimum Gasteiger partial charge on any atom is -0.388 e. The maximum absolute atomic E-state index is 12.2. The number of ether oxygens (including phenoxy) is 5. The van der Waals surface area contributed by atoms with Crippen molar-refractivity contribution in [3.05, 3.63) is 129 Å². The number of thiocarbonyl (C=S) groups is 2. The molecule has 1 aromatic rings. The number of hydrogen-bond donors (Lipinski definition) is 18. The van der Waals surface area contributed by atoms with Crippen molar-refractivity contribution in [2.75, 3.05) is 118 Å². The number of aliphatic hydroxyl groups is 10. The molecule has 18 N–H and O–H groups in total. The highest BCUT2D eigenvalue weighted by Crippen LogP contribution is 2.45. The molecule has 37 heteroatoms. The first-order valence-electron chi connectivity index (χ1n) is 37.0. The van der Waals surface area contributed by atoms with Crippen LogP contribution in [0, 0.1) is 0 Å². The molecular formula is C75H126N11O19P5S2. The van der Waals surface area contributed by atoms with Crippen LogP contribution in [-0.4, -0.2) is 358 Å². The average Bonchev–Trinajstić information content (AvgIpc) is 1.61.